The van der Waals surface area contributed by atoms with Crippen LogP contribution in [-0.4, -0.2) is 13.2 Å². The number of hydrogen-bond acceptors (Lipinski definition) is 2. The van der Waals surface area contributed by atoms with Crippen molar-refractivity contribution in [2.45, 2.75) is 51.7 Å². The van der Waals surface area contributed by atoms with Crippen LogP contribution in [0.1, 0.15) is 56.2 Å². The molecule has 0 spiro atoms. The Morgan fingerprint density at radius 2 is 1.95 bits per heavy atom. The molecule has 2 aliphatic rings. The quantitative estimate of drug-likeness (QED) is 0.893. The molecule has 1 saturated carbocycles. The standard InChI is InChI=1S/C18H27NO/c1-14-6-8-15(9-7-14)10-11-19-18-13-20-12-16-4-2-3-5-17(16)18/h2-5,14-15,18-19H,6-13H2,1H3. The second kappa shape index (κ2) is 6.73. The molecule has 1 atom stereocenters. The third-order valence-electron chi connectivity index (χ3n) is 5.05. The third kappa shape index (κ3) is 3.42. The van der Waals surface area contributed by atoms with E-state index in [0.717, 1.165) is 31.6 Å². The van der Waals surface area contributed by atoms with Gasteiger partial charge in [-0.2, -0.15) is 0 Å². The molecule has 1 N–H and O–H groups in total. The molecular weight excluding hydrogens is 246 g/mol. The molecule has 1 aliphatic carbocycles. The van der Waals surface area contributed by atoms with Gasteiger partial charge in [0.15, 0.2) is 0 Å². The van der Waals surface area contributed by atoms with Gasteiger partial charge in [0, 0.05) is 0 Å². The maximum atomic E-state index is 5.70. The molecular formula is C18H27NO. The molecule has 1 aromatic carbocycles. The van der Waals surface area contributed by atoms with E-state index in [1.54, 1.807) is 0 Å². The highest BCUT2D eigenvalue weighted by atomic mass is 16.5. The van der Waals surface area contributed by atoms with Gasteiger partial charge in [-0.3, -0.25) is 0 Å². The molecule has 1 fully saturated rings. The van der Waals surface area contributed by atoms with Crippen LogP contribution in [0.15, 0.2) is 24.3 Å². The van der Waals surface area contributed by atoms with Gasteiger partial charge in [-0.1, -0.05) is 56.9 Å². The van der Waals surface area contributed by atoms with Crippen molar-refractivity contribution >= 4 is 0 Å². The minimum absolute atomic E-state index is 0.391. The van der Waals surface area contributed by atoms with Crippen LogP contribution in [0.5, 0.6) is 0 Å². The van der Waals surface area contributed by atoms with Gasteiger partial charge in [-0.25, -0.2) is 0 Å². The topological polar surface area (TPSA) is 21.3 Å². The molecule has 110 valence electrons. The van der Waals surface area contributed by atoms with Crippen molar-refractivity contribution in [3.05, 3.63) is 35.4 Å². The maximum absolute atomic E-state index is 5.70. The molecule has 3 rings (SSSR count). The van der Waals surface area contributed by atoms with Gasteiger partial charge < -0.3 is 10.1 Å². The van der Waals surface area contributed by atoms with Gasteiger partial charge in [0.25, 0.3) is 0 Å². The van der Waals surface area contributed by atoms with Crippen molar-refractivity contribution < 1.29 is 4.74 Å². The van der Waals surface area contributed by atoms with Gasteiger partial charge >= 0.3 is 0 Å². The first-order valence-corrected chi connectivity index (χ1v) is 8.22. The van der Waals surface area contributed by atoms with Crippen LogP contribution in [0.3, 0.4) is 0 Å². The van der Waals surface area contributed by atoms with Crippen molar-refractivity contribution in [3.8, 4) is 0 Å². The lowest BCUT2D eigenvalue weighted by molar-refractivity contribution is 0.0814. The highest BCUT2D eigenvalue weighted by Crippen LogP contribution is 2.30. The summed E-state index contributed by atoms with van der Waals surface area (Å²) in [5.74, 6) is 1.90. The minimum Gasteiger partial charge on any atom is -0.375 e. The molecule has 0 aromatic heterocycles. The number of fused-ring (bicyclic) bond motifs is 1. The molecule has 1 aliphatic heterocycles. The van der Waals surface area contributed by atoms with Crippen LogP contribution >= 0.6 is 0 Å². The van der Waals surface area contributed by atoms with Crippen molar-refractivity contribution in [2.24, 2.45) is 11.8 Å². The summed E-state index contributed by atoms with van der Waals surface area (Å²) in [7, 11) is 0. The molecule has 0 radical (unpaired) electrons. The largest absolute Gasteiger partial charge is 0.375 e. The second-order valence-electron chi connectivity index (χ2n) is 6.64. The number of hydrogen-bond donors (Lipinski definition) is 1. The van der Waals surface area contributed by atoms with Crippen LogP contribution in [0.2, 0.25) is 0 Å². The zero-order chi connectivity index (χ0) is 13.8. The zero-order valence-corrected chi connectivity index (χ0v) is 12.6. The Balaban J connectivity index is 1.47. The minimum atomic E-state index is 0.391. The van der Waals surface area contributed by atoms with Crippen molar-refractivity contribution in [1.29, 1.82) is 0 Å². The fraction of sp³-hybridized carbons (Fsp3) is 0.667. The lowest BCUT2D eigenvalue weighted by Gasteiger charge is -2.29. The average Bonchev–Trinajstić information content (AvgIpc) is 2.49. The van der Waals surface area contributed by atoms with Crippen LogP contribution in [0, 0.1) is 11.8 Å². The molecule has 1 heterocycles. The van der Waals surface area contributed by atoms with E-state index >= 15 is 0 Å². The SMILES string of the molecule is CC1CCC(CCNC2COCc3ccccc32)CC1. The molecule has 1 aromatic rings. The summed E-state index contributed by atoms with van der Waals surface area (Å²) in [6.45, 7) is 5.11. The van der Waals surface area contributed by atoms with E-state index in [9.17, 15) is 0 Å². The van der Waals surface area contributed by atoms with Crippen LogP contribution in [0.25, 0.3) is 0 Å². The van der Waals surface area contributed by atoms with E-state index in [0.29, 0.717) is 6.04 Å². The lowest BCUT2D eigenvalue weighted by Crippen LogP contribution is -2.31. The Bertz CT molecular complexity index is 423. The number of nitrogens with one attached hydrogen (secondary N) is 1. The van der Waals surface area contributed by atoms with Gasteiger partial charge in [0.2, 0.25) is 0 Å². The Hall–Kier alpha value is -0.860. The first-order chi connectivity index (χ1) is 9.83. The summed E-state index contributed by atoms with van der Waals surface area (Å²) in [5, 5.41) is 3.71. The first-order valence-electron chi connectivity index (χ1n) is 8.22. The number of rotatable bonds is 4. The summed E-state index contributed by atoms with van der Waals surface area (Å²) < 4.78 is 5.70. The van der Waals surface area contributed by atoms with Gasteiger partial charge in [-0.15, -0.1) is 0 Å². The molecule has 1 unspecified atom stereocenters. The Morgan fingerprint density at radius 1 is 1.15 bits per heavy atom. The van der Waals surface area contributed by atoms with E-state index in [4.69, 9.17) is 4.74 Å². The van der Waals surface area contributed by atoms with Gasteiger partial charge in [0.05, 0.1) is 19.3 Å². The smallest absolute Gasteiger partial charge is 0.0721 e. The fourth-order valence-electron chi connectivity index (χ4n) is 3.63. The summed E-state index contributed by atoms with van der Waals surface area (Å²) in [4.78, 5) is 0. The summed E-state index contributed by atoms with van der Waals surface area (Å²) in [6, 6.07) is 9.07. The van der Waals surface area contributed by atoms with E-state index in [1.807, 2.05) is 0 Å². The monoisotopic (exact) mass is 273 g/mol. The summed E-state index contributed by atoms with van der Waals surface area (Å²) >= 11 is 0. The Labute approximate surface area is 122 Å². The fourth-order valence-corrected chi connectivity index (χ4v) is 3.63. The van der Waals surface area contributed by atoms with E-state index in [2.05, 4.69) is 36.5 Å². The predicted molar refractivity (Wildman–Crippen MR) is 82.6 cm³/mol. The van der Waals surface area contributed by atoms with Gasteiger partial charge in [-0.05, 0) is 35.9 Å². The average molecular weight is 273 g/mol. The lowest BCUT2D eigenvalue weighted by atomic mass is 9.81. The third-order valence-corrected chi connectivity index (χ3v) is 5.05. The highest BCUT2D eigenvalue weighted by Gasteiger charge is 2.21. The maximum Gasteiger partial charge on any atom is 0.0721 e. The van der Waals surface area contributed by atoms with E-state index < -0.39 is 0 Å². The van der Waals surface area contributed by atoms with E-state index in [-0.39, 0.29) is 0 Å². The normalized spacial score (nSPS) is 29.9. The first kappa shape index (κ1) is 14.1. The predicted octanol–water partition coefficient (Wildman–Crippen LogP) is 4.06. The second-order valence-corrected chi connectivity index (χ2v) is 6.64. The highest BCUT2D eigenvalue weighted by molar-refractivity contribution is 5.30. The molecule has 0 saturated heterocycles. The summed E-state index contributed by atoms with van der Waals surface area (Å²) in [5.41, 5.74) is 2.79. The molecule has 0 amide bonds. The van der Waals surface area contributed by atoms with Crippen molar-refractivity contribution in [1.82, 2.24) is 5.32 Å². The van der Waals surface area contributed by atoms with Crippen LogP contribution in [0.4, 0.5) is 0 Å². The Morgan fingerprint density at radius 3 is 2.80 bits per heavy atom. The molecule has 20 heavy (non-hydrogen) atoms. The van der Waals surface area contributed by atoms with Gasteiger partial charge in [0.1, 0.15) is 0 Å². The van der Waals surface area contributed by atoms with Crippen molar-refractivity contribution in [2.75, 3.05) is 13.2 Å². The van der Waals surface area contributed by atoms with E-state index in [1.165, 1.54) is 43.2 Å². The number of ether oxygens (including phenoxy) is 1. The molecule has 2 nitrogen and oxygen atoms in total. The molecule has 0 bridgehead atoms. The van der Waals surface area contributed by atoms with Crippen LogP contribution in [-0.2, 0) is 11.3 Å². The molecule has 2 heteroatoms. The van der Waals surface area contributed by atoms with Crippen LogP contribution < -0.4 is 5.32 Å². The van der Waals surface area contributed by atoms with Crippen molar-refractivity contribution in [3.63, 3.8) is 0 Å². The summed E-state index contributed by atoms with van der Waals surface area (Å²) in [6.07, 6.45) is 7.05. The zero-order valence-electron chi connectivity index (χ0n) is 12.6. The number of benzene rings is 1. The Kier molecular flexibility index (Phi) is 4.74.